The summed E-state index contributed by atoms with van der Waals surface area (Å²) in [6, 6.07) is 4.52. The molecule has 1 aromatic heterocycles. The summed E-state index contributed by atoms with van der Waals surface area (Å²) in [5, 5.41) is 5.70. The number of likely N-dealkylation sites (tertiary alicyclic amines) is 1. The van der Waals surface area contributed by atoms with Crippen molar-refractivity contribution in [3.63, 3.8) is 0 Å². The van der Waals surface area contributed by atoms with Gasteiger partial charge in [0.15, 0.2) is 0 Å². The molecule has 2 fully saturated rings. The summed E-state index contributed by atoms with van der Waals surface area (Å²) in [6.45, 7) is 6.40. The van der Waals surface area contributed by atoms with E-state index in [2.05, 4.69) is 53.5 Å². The summed E-state index contributed by atoms with van der Waals surface area (Å²) in [5.74, 6) is 0.673. The quantitative estimate of drug-likeness (QED) is 0.927. The molecule has 0 radical (unpaired) electrons. The van der Waals surface area contributed by atoms with Crippen LogP contribution in [0.3, 0.4) is 0 Å². The molecular formula is C16H25N3OS. The minimum absolute atomic E-state index is 0.0343. The van der Waals surface area contributed by atoms with Gasteiger partial charge in [-0.15, -0.1) is 11.3 Å². The van der Waals surface area contributed by atoms with Crippen LogP contribution in [0.15, 0.2) is 17.5 Å². The van der Waals surface area contributed by atoms with E-state index in [9.17, 15) is 4.79 Å². The van der Waals surface area contributed by atoms with Crippen LogP contribution in [-0.4, -0.2) is 47.9 Å². The van der Waals surface area contributed by atoms with Crippen molar-refractivity contribution in [2.24, 2.45) is 5.92 Å². The predicted molar refractivity (Wildman–Crippen MR) is 86.2 cm³/mol. The predicted octanol–water partition coefficient (Wildman–Crippen LogP) is 2.30. The van der Waals surface area contributed by atoms with Crippen molar-refractivity contribution in [3.05, 3.63) is 22.4 Å². The lowest BCUT2D eigenvalue weighted by Gasteiger charge is -2.29. The average Bonchev–Trinajstić information content (AvgIpc) is 3.17. The van der Waals surface area contributed by atoms with E-state index in [4.69, 9.17) is 0 Å². The van der Waals surface area contributed by atoms with E-state index in [-0.39, 0.29) is 12.2 Å². The number of likely N-dealkylation sites (N-methyl/N-ethyl adjacent to an activating group) is 1. The first-order chi connectivity index (χ1) is 10.1. The smallest absolute Gasteiger partial charge is 0.241 e. The van der Waals surface area contributed by atoms with Crippen LogP contribution in [0.2, 0.25) is 0 Å². The van der Waals surface area contributed by atoms with E-state index in [0.717, 1.165) is 25.9 Å². The molecule has 3 heterocycles. The van der Waals surface area contributed by atoms with E-state index in [1.807, 2.05) is 0 Å². The minimum Gasteiger partial charge on any atom is -0.316 e. The molecule has 2 aliphatic rings. The average molecular weight is 307 g/mol. The van der Waals surface area contributed by atoms with Crippen LogP contribution >= 0.6 is 11.3 Å². The van der Waals surface area contributed by atoms with Gasteiger partial charge in [-0.05, 0) is 37.4 Å². The van der Waals surface area contributed by atoms with E-state index < -0.39 is 0 Å². The Hall–Kier alpha value is -0.910. The Balaban J connectivity index is 1.87. The van der Waals surface area contributed by atoms with E-state index >= 15 is 0 Å². The number of amides is 1. The van der Waals surface area contributed by atoms with Crippen molar-refractivity contribution in [2.45, 2.75) is 44.9 Å². The van der Waals surface area contributed by atoms with Crippen LogP contribution in [0, 0.1) is 5.92 Å². The summed E-state index contributed by atoms with van der Waals surface area (Å²) >= 11 is 1.74. The van der Waals surface area contributed by atoms with E-state index in [1.54, 1.807) is 11.3 Å². The molecule has 4 unspecified atom stereocenters. The molecule has 0 aliphatic carbocycles. The van der Waals surface area contributed by atoms with Crippen molar-refractivity contribution in [1.82, 2.24) is 15.1 Å². The summed E-state index contributed by atoms with van der Waals surface area (Å²) in [6.07, 6.45) is 2.17. The molecule has 0 spiro atoms. The van der Waals surface area contributed by atoms with Gasteiger partial charge < -0.3 is 9.80 Å². The first-order valence-electron chi connectivity index (χ1n) is 7.92. The third kappa shape index (κ3) is 2.74. The lowest BCUT2D eigenvalue weighted by Crippen LogP contribution is -2.42. The second-order valence-corrected chi connectivity index (χ2v) is 7.38. The van der Waals surface area contributed by atoms with Gasteiger partial charge in [-0.2, -0.15) is 0 Å². The number of thiophene rings is 1. The second-order valence-electron chi connectivity index (χ2n) is 6.40. The Morgan fingerprint density at radius 1 is 1.52 bits per heavy atom. The Bertz CT molecular complexity index is 490. The van der Waals surface area contributed by atoms with Gasteiger partial charge in [0.2, 0.25) is 5.91 Å². The molecule has 21 heavy (non-hydrogen) atoms. The highest BCUT2D eigenvalue weighted by molar-refractivity contribution is 7.10. The third-order valence-electron chi connectivity index (χ3n) is 4.92. The molecule has 2 aliphatic heterocycles. The SMILES string of the molecule is CCC(C)C1NC(c2cccs2)N(C2CCN(C)C2)C1=O. The summed E-state index contributed by atoms with van der Waals surface area (Å²) in [5.41, 5.74) is 0. The molecule has 4 nitrogen and oxygen atoms in total. The Kier molecular flexibility index (Phi) is 4.33. The van der Waals surface area contributed by atoms with Gasteiger partial charge in [-0.25, -0.2) is 0 Å². The normalized spacial score (nSPS) is 32.0. The van der Waals surface area contributed by atoms with E-state index in [0.29, 0.717) is 17.9 Å². The van der Waals surface area contributed by atoms with Crippen LogP contribution < -0.4 is 5.32 Å². The number of carbonyl (C=O) groups is 1. The molecule has 0 bridgehead atoms. The second kappa shape index (κ2) is 6.07. The van der Waals surface area contributed by atoms with Crippen molar-refractivity contribution in [3.8, 4) is 0 Å². The lowest BCUT2D eigenvalue weighted by molar-refractivity contribution is -0.132. The Morgan fingerprint density at radius 2 is 2.33 bits per heavy atom. The maximum atomic E-state index is 13.0. The number of hydrogen-bond acceptors (Lipinski definition) is 4. The van der Waals surface area contributed by atoms with Crippen LogP contribution in [0.1, 0.15) is 37.7 Å². The van der Waals surface area contributed by atoms with Gasteiger partial charge in [0, 0.05) is 17.5 Å². The maximum Gasteiger partial charge on any atom is 0.241 e. The Morgan fingerprint density at radius 3 is 2.90 bits per heavy atom. The van der Waals surface area contributed by atoms with Gasteiger partial charge in [0.25, 0.3) is 0 Å². The number of carbonyl (C=O) groups excluding carboxylic acids is 1. The zero-order chi connectivity index (χ0) is 15.0. The minimum atomic E-state index is -0.0343. The molecule has 2 saturated heterocycles. The van der Waals surface area contributed by atoms with Gasteiger partial charge in [-0.1, -0.05) is 26.3 Å². The molecular weight excluding hydrogens is 282 g/mol. The summed E-state index contributed by atoms with van der Waals surface area (Å²) in [7, 11) is 2.14. The number of nitrogens with zero attached hydrogens (tertiary/aromatic N) is 2. The van der Waals surface area contributed by atoms with Gasteiger partial charge >= 0.3 is 0 Å². The molecule has 1 amide bonds. The number of nitrogens with one attached hydrogen (secondary N) is 1. The maximum absolute atomic E-state index is 13.0. The molecule has 0 aromatic carbocycles. The molecule has 5 heteroatoms. The van der Waals surface area contributed by atoms with Gasteiger partial charge in [0.1, 0.15) is 6.17 Å². The van der Waals surface area contributed by atoms with Crippen LogP contribution in [0.4, 0.5) is 0 Å². The number of hydrogen-bond donors (Lipinski definition) is 1. The molecule has 0 saturated carbocycles. The van der Waals surface area contributed by atoms with Crippen LogP contribution in [-0.2, 0) is 4.79 Å². The fraction of sp³-hybridized carbons (Fsp3) is 0.688. The van der Waals surface area contributed by atoms with Crippen LogP contribution in [0.25, 0.3) is 0 Å². The first kappa shape index (κ1) is 15.0. The molecule has 3 rings (SSSR count). The third-order valence-corrected chi connectivity index (χ3v) is 5.85. The van der Waals surface area contributed by atoms with Crippen molar-refractivity contribution in [1.29, 1.82) is 0 Å². The number of rotatable bonds is 4. The van der Waals surface area contributed by atoms with Crippen molar-refractivity contribution in [2.75, 3.05) is 20.1 Å². The van der Waals surface area contributed by atoms with Crippen LogP contribution in [0.5, 0.6) is 0 Å². The van der Waals surface area contributed by atoms with Crippen molar-refractivity contribution >= 4 is 17.2 Å². The summed E-state index contributed by atoms with van der Waals surface area (Å²) < 4.78 is 0. The fourth-order valence-electron chi connectivity index (χ4n) is 3.45. The first-order valence-corrected chi connectivity index (χ1v) is 8.80. The highest BCUT2D eigenvalue weighted by Crippen LogP contribution is 2.35. The zero-order valence-corrected chi connectivity index (χ0v) is 13.9. The Labute approximate surface area is 131 Å². The fourth-order valence-corrected chi connectivity index (χ4v) is 4.23. The van der Waals surface area contributed by atoms with Crippen molar-refractivity contribution < 1.29 is 4.79 Å². The van der Waals surface area contributed by atoms with Gasteiger partial charge in [0.05, 0.1) is 6.04 Å². The highest BCUT2D eigenvalue weighted by atomic mass is 32.1. The van der Waals surface area contributed by atoms with E-state index in [1.165, 1.54) is 4.88 Å². The zero-order valence-electron chi connectivity index (χ0n) is 13.1. The molecule has 116 valence electrons. The molecule has 1 aromatic rings. The summed E-state index contributed by atoms with van der Waals surface area (Å²) in [4.78, 5) is 18.7. The lowest BCUT2D eigenvalue weighted by atomic mass is 9.99. The standard InChI is InChI=1S/C16H25N3OS/c1-4-11(2)14-16(20)19(12-7-8-18(3)10-12)15(17-14)13-6-5-9-21-13/h5-6,9,11-12,14-15,17H,4,7-8,10H2,1-3H3. The molecule has 4 atom stereocenters. The van der Waals surface area contributed by atoms with Gasteiger partial charge in [-0.3, -0.25) is 10.1 Å². The topological polar surface area (TPSA) is 35.6 Å². The monoisotopic (exact) mass is 307 g/mol. The highest BCUT2D eigenvalue weighted by Gasteiger charge is 2.46. The largest absolute Gasteiger partial charge is 0.316 e. The molecule has 1 N–H and O–H groups in total.